The quantitative estimate of drug-likeness (QED) is 0.149. The minimum Gasteiger partial charge on any atom is -0.488 e. The van der Waals surface area contributed by atoms with Gasteiger partial charge in [0.25, 0.3) is 0 Å². The van der Waals surface area contributed by atoms with Crippen molar-refractivity contribution in [3.05, 3.63) is 54.4 Å². The number of aromatic nitrogens is 4. The number of hydrogen-bond acceptors (Lipinski definition) is 16. The molecule has 0 radical (unpaired) electrons. The van der Waals surface area contributed by atoms with Gasteiger partial charge in [0.1, 0.15) is 48.5 Å². The van der Waals surface area contributed by atoms with E-state index < -0.39 is 10.8 Å². The maximum absolute atomic E-state index is 9.86. The predicted molar refractivity (Wildman–Crippen MR) is 228 cm³/mol. The van der Waals surface area contributed by atoms with Crippen molar-refractivity contribution in [3.63, 3.8) is 0 Å². The second-order valence-corrected chi connectivity index (χ2v) is 17.2. The van der Waals surface area contributed by atoms with E-state index in [-0.39, 0.29) is 13.2 Å². The van der Waals surface area contributed by atoms with Gasteiger partial charge in [-0.05, 0) is 63.4 Å². The van der Waals surface area contributed by atoms with E-state index in [4.69, 9.17) is 28.4 Å². The fraction of sp³-hybridized carbons (Fsp3) is 0.429. The van der Waals surface area contributed by atoms with E-state index in [1.165, 1.54) is 23.5 Å². The van der Waals surface area contributed by atoms with Crippen molar-refractivity contribution in [2.45, 2.75) is 13.8 Å². The molecule has 0 bridgehead atoms. The molecule has 2 unspecified atom stereocenters. The molecule has 2 aliphatic rings. The van der Waals surface area contributed by atoms with Crippen molar-refractivity contribution >= 4 is 109 Å². The van der Waals surface area contributed by atoms with Crippen molar-refractivity contribution in [1.82, 2.24) is 17.5 Å². The van der Waals surface area contributed by atoms with Crippen LogP contribution in [-0.2, 0) is 9.47 Å². The Morgan fingerprint density at radius 1 is 0.704 bits per heavy atom. The molecule has 8 rings (SSSR count). The Morgan fingerprint density at radius 2 is 1.19 bits per heavy atom. The first-order valence-corrected chi connectivity index (χ1v) is 22.4. The first kappa shape index (κ1) is 43.0. The smallest absolute Gasteiger partial charge is 0.180 e. The van der Waals surface area contributed by atoms with Crippen molar-refractivity contribution < 1.29 is 38.6 Å². The maximum atomic E-state index is 9.86. The maximum Gasteiger partial charge on any atom is 0.180 e. The van der Waals surface area contributed by atoms with Crippen LogP contribution in [0.3, 0.4) is 0 Å². The van der Waals surface area contributed by atoms with Crippen molar-refractivity contribution in [3.8, 4) is 33.4 Å². The Balaban J connectivity index is 0.000000169. The van der Waals surface area contributed by atoms with Crippen molar-refractivity contribution in [2.24, 2.45) is 10.8 Å². The van der Waals surface area contributed by atoms with Gasteiger partial charge in [-0.25, -0.2) is 0 Å². The van der Waals surface area contributed by atoms with Crippen LogP contribution in [0.4, 0.5) is 0 Å². The average molecular weight is 965 g/mol. The lowest BCUT2D eigenvalue weighted by Gasteiger charge is -2.27. The fourth-order valence-electron chi connectivity index (χ4n) is 5.50. The van der Waals surface area contributed by atoms with Crippen LogP contribution in [0, 0.1) is 24.7 Å². The SMILES string of the molecule is Brc1ccc(Br)c2nsnc12.COCC1(CO)COc2c(C)sc(-c3ccc(C)c4nsnc34)c2OC1.COCC1(CO)COc2cscc2OC1.CP. The van der Waals surface area contributed by atoms with E-state index in [1.54, 1.807) is 36.9 Å². The molecule has 2 aliphatic heterocycles. The van der Waals surface area contributed by atoms with Crippen LogP contribution in [0.2, 0.25) is 0 Å². The Kier molecular flexibility index (Phi) is 15.8. The molecule has 6 heterocycles. The van der Waals surface area contributed by atoms with Gasteiger partial charge in [0, 0.05) is 44.4 Å². The molecule has 54 heavy (non-hydrogen) atoms. The number of fused-ring (bicyclic) bond motifs is 4. The summed E-state index contributed by atoms with van der Waals surface area (Å²) in [5.74, 6) is 2.98. The van der Waals surface area contributed by atoms with Crippen LogP contribution in [0.1, 0.15) is 10.4 Å². The van der Waals surface area contributed by atoms with Gasteiger partial charge < -0.3 is 38.6 Å². The minimum absolute atomic E-state index is 0.00541. The van der Waals surface area contributed by atoms with Crippen LogP contribution in [-0.4, -0.2) is 101 Å². The summed E-state index contributed by atoms with van der Waals surface area (Å²) in [6.07, 6.45) is 0. The lowest BCUT2D eigenvalue weighted by molar-refractivity contribution is -0.0229. The Labute approximate surface area is 349 Å². The number of aliphatic hydroxyl groups excluding tert-OH is 2. The average Bonchev–Trinajstić information content (AvgIpc) is 4.00. The van der Waals surface area contributed by atoms with E-state index >= 15 is 0 Å². The molecule has 19 heteroatoms. The molecular formula is C35H41Br2N4O8PS4. The third-order valence-electron chi connectivity index (χ3n) is 8.44. The predicted octanol–water partition coefficient (Wildman–Crippen LogP) is 8.28. The molecule has 2 N–H and O–H groups in total. The van der Waals surface area contributed by atoms with Crippen molar-refractivity contribution in [2.75, 3.05) is 73.7 Å². The summed E-state index contributed by atoms with van der Waals surface area (Å²) in [4.78, 5) is 2.03. The summed E-state index contributed by atoms with van der Waals surface area (Å²) in [5.41, 5.74) is 4.73. The largest absolute Gasteiger partial charge is 0.488 e. The van der Waals surface area contributed by atoms with Gasteiger partial charge in [0.2, 0.25) is 0 Å². The molecule has 0 saturated heterocycles. The third kappa shape index (κ3) is 9.53. The van der Waals surface area contributed by atoms with Gasteiger partial charge in [-0.1, -0.05) is 18.8 Å². The van der Waals surface area contributed by atoms with E-state index in [1.807, 2.05) is 43.4 Å². The van der Waals surface area contributed by atoms with Crippen LogP contribution < -0.4 is 18.9 Å². The molecule has 6 aromatic rings. The molecule has 4 aromatic heterocycles. The first-order valence-electron chi connectivity index (χ1n) is 16.4. The van der Waals surface area contributed by atoms with E-state index in [9.17, 15) is 10.2 Å². The number of methoxy groups -OCH3 is 2. The molecular weight excluding hydrogens is 923 g/mol. The number of benzene rings is 2. The molecule has 12 nitrogen and oxygen atoms in total. The highest BCUT2D eigenvalue weighted by molar-refractivity contribution is 9.11. The normalized spacial score (nSPS) is 16.9. The van der Waals surface area contributed by atoms with Crippen LogP contribution in [0.5, 0.6) is 23.0 Å². The highest BCUT2D eigenvalue weighted by Gasteiger charge is 2.38. The zero-order valence-corrected chi connectivity index (χ0v) is 37.8. The monoisotopic (exact) mass is 962 g/mol. The highest BCUT2D eigenvalue weighted by atomic mass is 79.9. The zero-order valence-electron chi connectivity index (χ0n) is 30.2. The number of aliphatic hydroxyl groups is 2. The number of nitrogens with zero attached hydrogens (tertiary/aromatic N) is 4. The number of halogens is 2. The number of hydrogen-bond donors (Lipinski definition) is 2. The van der Waals surface area contributed by atoms with Gasteiger partial charge in [-0.2, -0.15) is 17.5 Å². The molecule has 292 valence electrons. The van der Waals surface area contributed by atoms with Gasteiger partial charge >= 0.3 is 0 Å². The molecule has 2 atom stereocenters. The molecule has 0 amide bonds. The standard InChI is InChI=1S/C18H20N2O4S2.C10H14O4S.C6H2Br2N2S.CH5P/c1-10-4-5-12(14-13(10)19-26-20-14)17-16-15(11(2)25-17)23-8-18(6-21,7-22-3)9-24-16;1-12-5-10(4-11)6-13-8-2-15-3-9(8)14-7-10;7-3-1-2-4(8)6-5(3)9-11-10-6;1-2/h4-5,21H,6-9H2,1-3H3;2-3,11H,4-7H2,1H3;1-2H;2H2,1H3. The Hall–Kier alpha value is -2.09. The summed E-state index contributed by atoms with van der Waals surface area (Å²) in [6.45, 7) is 8.22. The molecule has 2 aromatic carbocycles. The summed E-state index contributed by atoms with van der Waals surface area (Å²) < 4.78 is 52.9. The number of thiophene rings is 2. The van der Waals surface area contributed by atoms with Gasteiger partial charge in [0.05, 0.1) is 65.6 Å². The van der Waals surface area contributed by atoms with Gasteiger partial charge in [0.15, 0.2) is 23.0 Å². The second kappa shape index (κ2) is 19.9. The summed E-state index contributed by atoms with van der Waals surface area (Å²) >= 11 is 12.4. The van der Waals surface area contributed by atoms with Gasteiger partial charge in [-0.15, -0.1) is 31.9 Å². The van der Waals surface area contributed by atoms with Gasteiger partial charge in [-0.3, -0.25) is 0 Å². The summed E-state index contributed by atoms with van der Waals surface area (Å²) in [5, 5.41) is 23.0. The third-order valence-corrected chi connectivity index (χ3v) is 12.6. The molecule has 0 spiro atoms. The Bertz CT molecular complexity index is 2070. The minimum atomic E-state index is -0.570. The Morgan fingerprint density at radius 3 is 1.70 bits per heavy atom. The van der Waals surface area contributed by atoms with Crippen molar-refractivity contribution in [1.29, 1.82) is 0 Å². The van der Waals surface area contributed by atoms with E-state index in [0.29, 0.717) is 39.6 Å². The van der Waals surface area contributed by atoms with E-state index in [0.717, 1.165) is 74.9 Å². The molecule has 0 fully saturated rings. The fourth-order valence-corrected chi connectivity index (χ4v) is 9.49. The lowest BCUT2D eigenvalue weighted by atomic mass is 9.92. The number of aryl methyl sites for hydroxylation is 2. The van der Waals surface area contributed by atoms with E-state index in [2.05, 4.69) is 70.7 Å². The summed E-state index contributed by atoms with van der Waals surface area (Å²) in [6, 6.07) is 8.02. The topological polar surface area (TPSA) is 147 Å². The summed E-state index contributed by atoms with van der Waals surface area (Å²) in [7, 11) is 5.64. The lowest BCUT2D eigenvalue weighted by Crippen LogP contribution is -2.41. The molecule has 0 aliphatic carbocycles. The van der Waals surface area contributed by atoms with Crippen LogP contribution in [0.15, 0.2) is 44.0 Å². The van der Waals surface area contributed by atoms with Crippen LogP contribution in [0.25, 0.3) is 32.5 Å². The zero-order chi connectivity index (χ0) is 38.9. The number of rotatable bonds is 7. The second-order valence-electron chi connectivity index (χ2n) is 12.5. The highest BCUT2D eigenvalue weighted by Crippen LogP contribution is 2.51. The number of ether oxygens (including phenoxy) is 6. The molecule has 0 saturated carbocycles. The van der Waals surface area contributed by atoms with Crippen LogP contribution >= 0.6 is 87.2 Å². The first-order chi connectivity index (χ1) is 26.2.